The molecule has 1 heterocycles. The predicted octanol–water partition coefficient (Wildman–Crippen LogP) is 2.35. The van der Waals surface area contributed by atoms with Crippen LogP contribution < -0.4 is 5.32 Å². The molecule has 0 spiro atoms. The Morgan fingerprint density at radius 2 is 2.29 bits per heavy atom. The van der Waals surface area contributed by atoms with E-state index in [2.05, 4.69) is 16.8 Å². The van der Waals surface area contributed by atoms with Crippen LogP contribution >= 0.6 is 11.3 Å². The maximum Gasteiger partial charge on any atom is 0.220 e. The first-order valence-corrected chi connectivity index (χ1v) is 6.86. The van der Waals surface area contributed by atoms with Gasteiger partial charge in [0.25, 0.3) is 0 Å². The van der Waals surface area contributed by atoms with Crippen molar-refractivity contribution in [3.8, 4) is 0 Å². The van der Waals surface area contributed by atoms with E-state index >= 15 is 0 Å². The van der Waals surface area contributed by atoms with E-state index in [0.717, 1.165) is 12.8 Å². The summed E-state index contributed by atoms with van der Waals surface area (Å²) in [6.07, 6.45) is 2.98. The van der Waals surface area contributed by atoms with Gasteiger partial charge in [-0.25, -0.2) is 0 Å². The number of aliphatic hydroxyl groups excluding tert-OH is 1. The zero-order valence-electron chi connectivity index (χ0n) is 10.5. The molecule has 0 aliphatic heterocycles. The van der Waals surface area contributed by atoms with E-state index in [-0.39, 0.29) is 18.1 Å². The van der Waals surface area contributed by atoms with Gasteiger partial charge in [-0.1, -0.05) is 6.07 Å². The number of carbonyl (C=O) groups excluding carboxylic acids is 1. The zero-order chi connectivity index (χ0) is 12.7. The van der Waals surface area contributed by atoms with E-state index in [1.165, 1.54) is 4.88 Å². The summed E-state index contributed by atoms with van der Waals surface area (Å²) >= 11 is 1.73. The van der Waals surface area contributed by atoms with Crippen molar-refractivity contribution < 1.29 is 9.90 Å². The highest BCUT2D eigenvalue weighted by Crippen LogP contribution is 2.13. The molecule has 1 amide bonds. The van der Waals surface area contributed by atoms with Gasteiger partial charge in [0.15, 0.2) is 0 Å². The molecule has 1 rings (SSSR count). The van der Waals surface area contributed by atoms with Gasteiger partial charge in [-0.05, 0) is 44.6 Å². The molecule has 0 fully saturated rings. The number of hydrogen-bond donors (Lipinski definition) is 2. The maximum atomic E-state index is 11.7. The average Bonchev–Trinajstić information content (AvgIpc) is 2.69. The number of hydrogen-bond acceptors (Lipinski definition) is 3. The molecule has 96 valence electrons. The van der Waals surface area contributed by atoms with Crippen LogP contribution in [0.1, 0.15) is 38.0 Å². The van der Waals surface area contributed by atoms with Crippen molar-refractivity contribution in [2.24, 2.45) is 0 Å². The van der Waals surface area contributed by atoms with E-state index in [4.69, 9.17) is 5.11 Å². The molecule has 3 nitrogen and oxygen atoms in total. The molecule has 0 aliphatic carbocycles. The van der Waals surface area contributed by atoms with Gasteiger partial charge >= 0.3 is 0 Å². The lowest BCUT2D eigenvalue weighted by Gasteiger charge is -2.25. The molecule has 0 aliphatic rings. The van der Waals surface area contributed by atoms with Gasteiger partial charge in [0, 0.05) is 23.4 Å². The van der Waals surface area contributed by atoms with Crippen LogP contribution in [-0.4, -0.2) is 23.2 Å². The third kappa shape index (κ3) is 5.84. The molecule has 1 aromatic rings. The maximum absolute atomic E-state index is 11.7. The topological polar surface area (TPSA) is 49.3 Å². The summed E-state index contributed by atoms with van der Waals surface area (Å²) in [5, 5.41) is 13.9. The Bertz CT molecular complexity index is 333. The van der Waals surface area contributed by atoms with Gasteiger partial charge in [-0.3, -0.25) is 4.79 Å². The second-order valence-electron chi connectivity index (χ2n) is 4.84. The average molecular weight is 255 g/mol. The van der Waals surface area contributed by atoms with Crippen LogP contribution in [-0.2, 0) is 11.2 Å². The largest absolute Gasteiger partial charge is 0.396 e. The SMILES string of the molecule is CC(C)(CCO)NC(=O)CCCc1cccs1. The van der Waals surface area contributed by atoms with E-state index < -0.39 is 0 Å². The number of aryl methyl sites for hydroxylation is 1. The summed E-state index contributed by atoms with van der Waals surface area (Å²) in [5.74, 6) is 0.0695. The zero-order valence-corrected chi connectivity index (χ0v) is 11.3. The Balaban J connectivity index is 2.21. The Morgan fingerprint density at radius 1 is 1.53 bits per heavy atom. The summed E-state index contributed by atoms with van der Waals surface area (Å²) in [4.78, 5) is 13.0. The molecule has 0 atom stereocenters. The van der Waals surface area contributed by atoms with Gasteiger partial charge in [0.1, 0.15) is 0 Å². The van der Waals surface area contributed by atoms with Crippen LogP contribution in [0.25, 0.3) is 0 Å². The highest BCUT2D eigenvalue weighted by molar-refractivity contribution is 7.09. The second-order valence-corrected chi connectivity index (χ2v) is 5.87. The summed E-state index contributed by atoms with van der Waals surface area (Å²) < 4.78 is 0. The number of thiophene rings is 1. The monoisotopic (exact) mass is 255 g/mol. The third-order valence-electron chi connectivity index (χ3n) is 2.62. The van der Waals surface area contributed by atoms with Crippen molar-refractivity contribution >= 4 is 17.2 Å². The summed E-state index contributed by atoms with van der Waals surface area (Å²) in [6.45, 7) is 3.96. The number of amides is 1. The minimum Gasteiger partial charge on any atom is -0.396 e. The van der Waals surface area contributed by atoms with Gasteiger partial charge in [-0.15, -0.1) is 11.3 Å². The smallest absolute Gasteiger partial charge is 0.220 e. The third-order valence-corrected chi connectivity index (χ3v) is 3.56. The van der Waals surface area contributed by atoms with E-state index in [9.17, 15) is 4.79 Å². The van der Waals surface area contributed by atoms with Gasteiger partial charge in [-0.2, -0.15) is 0 Å². The van der Waals surface area contributed by atoms with E-state index in [1.807, 2.05) is 19.9 Å². The summed E-state index contributed by atoms with van der Waals surface area (Å²) in [7, 11) is 0. The lowest BCUT2D eigenvalue weighted by Crippen LogP contribution is -2.43. The molecule has 0 saturated heterocycles. The first-order valence-electron chi connectivity index (χ1n) is 5.98. The Hall–Kier alpha value is -0.870. The standard InChI is InChI=1S/C13H21NO2S/c1-13(2,8-9-15)14-12(16)7-3-5-11-6-4-10-17-11/h4,6,10,15H,3,5,7-9H2,1-2H3,(H,14,16). The first-order chi connectivity index (χ1) is 8.03. The fourth-order valence-corrected chi connectivity index (χ4v) is 2.41. The lowest BCUT2D eigenvalue weighted by molar-refractivity contribution is -0.122. The quantitative estimate of drug-likeness (QED) is 0.785. The van der Waals surface area contributed by atoms with Crippen LogP contribution in [0.2, 0.25) is 0 Å². The van der Waals surface area contributed by atoms with Crippen molar-refractivity contribution in [3.63, 3.8) is 0 Å². The predicted molar refractivity (Wildman–Crippen MR) is 71.2 cm³/mol. The first kappa shape index (κ1) is 14.2. The van der Waals surface area contributed by atoms with Crippen molar-refractivity contribution in [3.05, 3.63) is 22.4 Å². The lowest BCUT2D eigenvalue weighted by atomic mass is 10.0. The molecule has 0 bridgehead atoms. The second kappa shape index (κ2) is 6.77. The van der Waals surface area contributed by atoms with Crippen molar-refractivity contribution in [2.45, 2.75) is 45.1 Å². The normalized spacial score (nSPS) is 11.5. The van der Waals surface area contributed by atoms with Crippen molar-refractivity contribution in [1.82, 2.24) is 5.32 Å². The molecule has 1 aromatic heterocycles. The molecule has 0 aromatic carbocycles. The minimum atomic E-state index is -0.311. The molecule has 4 heteroatoms. The van der Waals surface area contributed by atoms with Gasteiger partial charge in [0.2, 0.25) is 5.91 Å². The van der Waals surface area contributed by atoms with Crippen LogP contribution in [0, 0.1) is 0 Å². The van der Waals surface area contributed by atoms with Crippen LogP contribution in [0.3, 0.4) is 0 Å². The molecule has 0 radical (unpaired) electrons. The van der Waals surface area contributed by atoms with Crippen LogP contribution in [0.5, 0.6) is 0 Å². The van der Waals surface area contributed by atoms with E-state index in [1.54, 1.807) is 11.3 Å². The fraction of sp³-hybridized carbons (Fsp3) is 0.615. The van der Waals surface area contributed by atoms with Crippen LogP contribution in [0.15, 0.2) is 17.5 Å². The Morgan fingerprint density at radius 3 is 2.88 bits per heavy atom. The number of carbonyl (C=O) groups is 1. The fourth-order valence-electron chi connectivity index (χ4n) is 1.66. The highest BCUT2D eigenvalue weighted by atomic mass is 32.1. The summed E-state index contributed by atoms with van der Waals surface area (Å²) in [6, 6.07) is 4.13. The molecule has 0 unspecified atom stereocenters. The van der Waals surface area contributed by atoms with Crippen molar-refractivity contribution in [1.29, 1.82) is 0 Å². The van der Waals surface area contributed by atoms with Crippen molar-refractivity contribution in [2.75, 3.05) is 6.61 Å². The van der Waals surface area contributed by atoms with E-state index in [0.29, 0.717) is 12.8 Å². The number of nitrogens with one attached hydrogen (secondary N) is 1. The molecule has 2 N–H and O–H groups in total. The molecular formula is C13H21NO2S. The number of rotatable bonds is 7. The minimum absolute atomic E-state index is 0.0695. The Kier molecular flexibility index (Phi) is 5.65. The number of aliphatic hydroxyl groups is 1. The molecular weight excluding hydrogens is 234 g/mol. The van der Waals surface area contributed by atoms with Crippen LogP contribution in [0.4, 0.5) is 0 Å². The Labute approximate surface area is 107 Å². The summed E-state index contributed by atoms with van der Waals surface area (Å²) in [5.41, 5.74) is -0.311. The highest BCUT2D eigenvalue weighted by Gasteiger charge is 2.19. The molecule has 0 saturated carbocycles. The van der Waals surface area contributed by atoms with Gasteiger partial charge in [0.05, 0.1) is 0 Å². The van der Waals surface area contributed by atoms with Gasteiger partial charge < -0.3 is 10.4 Å². The molecule has 17 heavy (non-hydrogen) atoms.